The maximum atomic E-state index is 11.7. The fourth-order valence-corrected chi connectivity index (χ4v) is 2.41. The first-order chi connectivity index (χ1) is 8.02. The van der Waals surface area contributed by atoms with E-state index in [0.717, 1.165) is 16.4 Å². The molecular formula is C12H16ClIN2O. The molecule has 5 heteroatoms. The number of nitrogens with two attached hydrogens (primary N) is 1. The van der Waals surface area contributed by atoms with Crippen LogP contribution in [-0.4, -0.2) is 11.9 Å². The lowest BCUT2D eigenvalue weighted by Gasteiger charge is -2.11. The molecule has 0 heterocycles. The Morgan fingerprint density at radius 1 is 1.59 bits per heavy atom. The normalized spacial score (nSPS) is 12.2. The average molecular weight is 367 g/mol. The summed E-state index contributed by atoms with van der Waals surface area (Å²) in [5.74, 6) is -0.0888. The van der Waals surface area contributed by atoms with Gasteiger partial charge in [-0.15, -0.1) is 0 Å². The first-order valence-corrected chi connectivity index (χ1v) is 6.99. The van der Waals surface area contributed by atoms with Gasteiger partial charge in [-0.3, -0.25) is 4.79 Å². The van der Waals surface area contributed by atoms with Gasteiger partial charge in [-0.25, -0.2) is 0 Å². The molecule has 1 amide bonds. The van der Waals surface area contributed by atoms with Crippen molar-refractivity contribution in [2.24, 2.45) is 5.73 Å². The molecule has 1 aromatic carbocycles. The van der Waals surface area contributed by atoms with Crippen molar-refractivity contribution in [3.63, 3.8) is 0 Å². The van der Waals surface area contributed by atoms with Gasteiger partial charge < -0.3 is 11.1 Å². The molecule has 0 aromatic heterocycles. The Balaban J connectivity index is 2.56. The van der Waals surface area contributed by atoms with E-state index >= 15 is 0 Å². The van der Waals surface area contributed by atoms with Crippen molar-refractivity contribution in [3.05, 3.63) is 26.8 Å². The average Bonchev–Trinajstić information content (AvgIpc) is 2.22. The summed E-state index contributed by atoms with van der Waals surface area (Å²) in [5, 5.41) is 3.32. The maximum absolute atomic E-state index is 11.7. The molecule has 1 rings (SSSR count). The minimum Gasteiger partial charge on any atom is -0.327 e. The van der Waals surface area contributed by atoms with Crippen LogP contribution in [-0.2, 0) is 4.79 Å². The number of halogens is 2. The number of nitrogens with one attached hydrogen (secondary N) is 1. The second-order valence-electron chi connectivity index (χ2n) is 3.93. The zero-order chi connectivity index (χ0) is 12.8. The number of hydrogen-bond donors (Lipinski definition) is 2. The third kappa shape index (κ3) is 5.23. The highest BCUT2D eigenvalue weighted by Gasteiger charge is 2.10. The van der Waals surface area contributed by atoms with Crippen molar-refractivity contribution >= 4 is 45.8 Å². The van der Waals surface area contributed by atoms with Crippen molar-refractivity contribution < 1.29 is 4.79 Å². The van der Waals surface area contributed by atoms with E-state index in [2.05, 4.69) is 27.9 Å². The molecule has 17 heavy (non-hydrogen) atoms. The van der Waals surface area contributed by atoms with E-state index in [1.165, 1.54) is 0 Å². The highest BCUT2D eigenvalue weighted by Crippen LogP contribution is 2.24. The van der Waals surface area contributed by atoms with Gasteiger partial charge in [0.2, 0.25) is 5.91 Å². The van der Waals surface area contributed by atoms with E-state index in [0.29, 0.717) is 17.1 Å². The van der Waals surface area contributed by atoms with Crippen LogP contribution in [0.3, 0.4) is 0 Å². The van der Waals surface area contributed by atoms with Gasteiger partial charge in [-0.1, -0.05) is 24.9 Å². The Hall–Kier alpha value is -0.330. The summed E-state index contributed by atoms with van der Waals surface area (Å²) >= 11 is 8.19. The Labute approximate surface area is 120 Å². The molecule has 0 bridgehead atoms. The summed E-state index contributed by atoms with van der Waals surface area (Å²) < 4.78 is 1.04. The fourth-order valence-electron chi connectivity index (χ4n) is 1.50. The lowest BCUT2D eigenvalue weighted by atomic mass is 10.1. The lowest BCUT2D eigenvalue weighted by molar-refractivity contribution is -0.116. The zero-order valence-electron chi connectivity index (χ0n) is 9.67. The molecule has 0 aliphatic carbocycles. The molecule has 1 aromatic rings. The first-order valence-electron chi connectivity index (χ1n) is 5.53. The summed E-state index contributed by atoms with van der Waals surface area (Å²) in [6, 6.07) is 5.42. The van der Waals surface area contributed by atoms with Crippen LogP contribution in [0.1, 0.15) is 26.2 Å². The predicted octanol–water partition coefficient (Wildman–Crippen LogP) is 3.40. The van der Waals surface area contributed by atoms with Crippen molar-refractivity contribution in [1.29, 1.82) is 0 Å². The molecule has 94 valence electrons. The van der Waals surface area contributed by atoms with Gasteiger partial charge in [0.25, 0.3) is 0 Å². The quantitative estimate of drug-likeness (QED) is 0.785. The van der Waals surface area contributed by atoms with Crippen LogP contribution in [0.4, 0.5) is 5.69 Å². The number of rotatable bonds is 5. The molecule has 0 saturated heterocycles. The monoisotopic (exact) mass is 366 g/mol. The zero-order valence-corrected chi connectivity index (χ0v) is 12.6. The summed E-state index contributed by atoms with van der Waals surface area (Å²) in [6.07, 6.45) is 2.17. The van der Waals surface area contributed by atoms with Gasteiger partial charge >= 0.3 is 0 Å². The van der Waals surface area contributed by atoms with Gasteiger partial charge in [-0.2, -0.15) is 0 Å². The summed E-state index contributed by atoms with van der Waals surface area (Å²) in [7, 11) is 0. The van der Waals surface area contributed by atoms with Crippen molar-refractivity contribution in [2.75, 3.05) is 5.32 Å². The summed E-state index contributed by atoms with van der Waals surface area (Å²) in [4.78, 5) is 11.7. The van der Waals surface area contributed by atoms with Crippen LogP contribution in [0.2, 0.25) is 5.02 Å². The Bertz CT molecular complexity index is 398. The van der Waals surface area contributed by atoms with Gasteiger partial charge in [-0.05, 0) is 47.2 Å². The standard InChI is InChI=1S/C12H16ClIN2O/c1-2-3-9(15)7-12(17)16-11-5-4-8(14)6-10(11)13/h4-6,9H,2-3,7,15H2,1H3,(H,16,17). The third-order valence-electron chi connectivity index (χ3n) is 2.31. The van der Waals surface area contributed by atoms with Crippen LogP contribution < -0.4 is 11.1 Å². The fraction of sp³-hybridized carbons (Fsp3) is 0.417. The van der Waals surface area contributed by atoms with Crippen molar-refractivity contribution in [3.8, 4) is 0 Å². The second kappa shape index (κ2) is 7.18. The van der Waals surface area contributed by atoms with E-state index in [4.69, 9.17) is 17.3 Å². The smallest absolute Gasteiger partial charge is 0.225 e. The van der Waals surface area contributed by atoms with Crippen LogP contribution in [0.25, 0.3) is 0 Å². The number of anilines is 1. The molecule has 0 radical (unpaired) electrons. The molecule has 0 saturated carbocycles. The Morgan fingerprint density at radius 3 is 2.88 bits per heavy atom. The molecule has 0 aliphatic rings. The van der Waals surface area contributed by atoms with E-state index < -0.39 is 0 Å². The van der Waals surface area contributed by atoms with Crippen LogP contribution in [0, 0.1) is 3.57 Å². The number of amides is 1. The number of benzene rings is 1. The molecular weight excluding hydrogens is 351 g/mol. The molecule has 3 N–H and O–H groups in total. The minimum atomic E-state index is -0.0888. The molecule has 1 unspecified atom stereocenters. The molecule has 1 atom stereocenters. The summed E-state index contributed by atoms with van der Waals surface area (Å²) in [5.41, 5.74) is 6.45. The Kier molecular flexibility index (Phi) is 6.22. The maximum Gasteiger partial charge on any atom is 0.225 e. The topological polar surface area (TPSA) is 55.1 Å². The lowest BCUT2D eigenvalue weighted by Crippen LogP contribution is -2.26. The van der Waals surface area contributed by atoms with Crippen LogP contribution >= 0.6 is 34.2 Å². The molecule has 0 fully saturated rings. The van der Waals surface area contributed by atoms with Gasteiger partial charge in [0.05, 0.1) is 10.7 Å². The first kappa shape index (κ1) is 14.7. The largest absolute Gasteiger partial charge is 0.327 e. The van der Waals surface area contributed by atoms with E-state index in [9.17, 15) is 4.79 Å². The highest BCUT2D eigenvalue weighted by molar-refractivity contribution is 14.1. The number of carbonyl (C=O) groups is 1. The van der Waals surface area contributed by atoms with Gasteiger partial charge in [0.1, 0.15) is 0 Å². The second-order valence-corrected chi connectivity index (χ2v) is 5.58. The molecule has 0 spiro atoms. The van der Waals surface area contributed by atoms with E-state index in [-0.39, 0.29) is 11.9 Å². The number of hydrogen-bond acceptors (Lipinski definition) is 2. The van der Waals surface area contributed by atoms with E-state index in [1.807, 2.05) is 19.1 Å². The number of carbonyl (C=O) groups excluding carboxylic acids is 1. The SMILES string of the molecule is CCCC(N)CC(=O)Nc1ccc(I)cc1Cl. The molecule has 0 aliphatic heterocycles. The minimum absolute atomic E-state index is 0.0809. The van der Waals surface area contributed by atoms with Crippen molar-refractivity contribution in [1.82, 2.24) is 0 Å². The van der Waals surface area contributed by atoms with E-state index in [1.54, 1.807) is 6.07 Å². The predicted molar refractivity (Wildman–Crippen MR) is 80.3 cm³/mol. The Morgan fingerprint density at radius 2 is 2.29 bits per heavy atom. The highest BCUT2D eigenvalue weighted by atomic mass is 127. The van der Waals surface area contributed by atoms with Gasteiger partial charge in [0.15, 0.2) is 0 Å². The van der Waals surface area contributed by atoms with Crippen molar-refractivity contribution in [2.45, 2.75) is 32.2 Å². The van der Waals surface area contributed by atoms with Crippen LogP contribution in [0.15, 0.2) is 18.2 Å². The van der Waals surface area contributed by atoms with Crippen LogP contribution in [0.5, 0.6) is 0 Å². The molecule has 3 nitrogen and oxygen atoms in total. The summed E-state index contributed by atoms with van der Waals surface area (Å²) in [6.45, 7) is 2.05. The van der Waals surface area contributed by atoms with Gasteiger partial charge in [0, 0.05) is 16.0 Å². The third-order valence-corrected chi connectivity index (χ3v) is 3.30.